The van der Waals surface area contributed by atoms with Crippen molar-refractivity contribution in [3.05, 3.63) is 85.3 Å². The minimum Gasteiger partial charge on any atom is -0.368 e. The fourth-order valence-corrected chi connectivity index (χ4v) is 6.41. The summed E-state index contributed by atoms with van der Waals surface area (Å²) in [5.74, 6) is -5.96. The van der Waals surface area contributed by atoms with E-state index in [0.717, 1.165) is 12.1 Å². The SMILES string of the molecule is O=C(Nc1ccc(F)c(NC(=O)C2CCCO2)c1F)c1cc(NC(=O)[C@H]2[C@H](c3cc(Cl)c(Cl)c(Cl)c3)C2(Cl)Cl)ccc1Cl. The van der Waals surface area contributed by atoms with E-state index in [-0.39, 0.29) is 31.3 Å². The molecule has 7 nitrogen and oxygen atoms in total. The number of carbonyl (C=O) groups excluding carboxylic acids is 3. The van der Waals surface area contributed by atoms with Crippen molar-refractivity contribution in [1.29, 1.82) is 0 Å². The molecule has 2 aliphatic rings. The van der Waals surface area contributed by atoms with Crippen molar-refractivity contribution in [3.8, 4) is 0 Å². The average Bonchev–Trinajstić information content (AvgIpc) is 3.25. The highest BCUT2D eigenvalue weighted by Crippen LogP contribution is 2.65. The molecule has 226 valence electrons. The minimum absolute atomic E-state index is 0.0243. The van der Waals surface area contributed by atoms with E-state index in [4.69, 9.17) is 74.3 Å². The van der Waals surface area contributed by atoms with Gasteiger partial charge in [0.1, 0.15) is 21.9 Å². The number of hydrogen-bond acceptors (Lipinski definition) is 4. The third-order valence-corrected chi connectivity index (χ3v) is 9.46. The molecule has 3 atom stereocenters. The molecule has 1 aliphatic heterocycles. The average molecular weight is 712 g/mol. The fourth-order valence-electron chi connectivity index (χ4n) is 4.76. The number of ether oxygens (including phenoxy) is 1. The second-order valence-electron chi connectivity index (χ2n) is 9.84. The van der Waals surface area contributed by atoms with Gasteiger partial charge in [0.15, 0.2) is 5.82 Å². The number of halogens is 8. The first kappa shape index (κ1) is 32.0. The van der Waals surface area contributed by atoms with Crippen molar-refractivity contribution in [2.24, 2.45) is 5.92 Å². The zero-order valence-electron chi connectivity index (χ0n) is 21.6. The van der Waals surface area contributed by atoms with Gasteiger partial charge in [-0.15, -0.1) is 23.2 Å². The Hall–Kier alpha value is -2.37. The molecule has 1 saturated carbocycles. The summed E-state index contributed by atoms with van der Waals surface area (Å²) >= 11 is 37.3. The van der Waals surface area contributed by atoms with Crippen molar-refractivity contribution >= 4 is 104 Å². The molecule has 3 aromatic rings. The van der Waals surface area contributed by atoms with Crippen LogP contribution < -0.4 is 16.0 Å². The van der Waals surface area contributed by atoms with E-state index < -0.39 is 63.0 Å². The van der Waals surface area contributed by atoms with Crippen LogP contribution in [0.1, 0.15) is 34.7 Å². The number of anilines is 3. The first-order valence-corrected chi connectivity index (χ1v) is 14.9. The maximum absolute atomic E-state index is 15.2. The van der Waals surface area contributed by atoms with Crippen molar-refractivity contribution in [2.45, 2.75) is 29.2 Å². The minimum atomic E-state index is -1.48. The Balaban J connectivity index is 1.31. The van der Waals surface area contributed by atoms with E-state index in [9.17, 15) is 18.8 Å². The molecular formula is C28H19Cl6F2N3O4. The van der Waals surface area contributed by atoms with E-state index >= 15 is 4.39 Å². The van der Waals surface area contributed by atoms with Gasteiger partial charge >= 0.3 is 0 Å². The molecule has 43 heavy (non-hydrogen) atoms. The normalized spacial score (nSPS) is 20.4. The van der Waals surface area contributed by atoms with Crippen molar-refractivity contribution in [1.82, 2.24) is 0 Å². The maximum Gasteiger partial charge on any atom is 0.257 e. The molecule has 2 fully saturated rings. The van der Waals surface area contributed by atoms with Crippen molar-refractivity contribution in [2.75, 3.05) is 22.6 Å². The van der Waals surface area contributed by atoms with Crippen LogP contribution in [0.5, 0.6) is 0 Å². The number of amides is 3. The lowest BCUT2D eigenvalue weighted by atomic mass is 10.1. The van der Waals surface area contributed by atoms with Gasteiger partial charge in [-0.3, -0.25) is 14.4 Å². The second kappa shape index (κ2) is 12.6. The molecule has 3 aromatic carbocycles. The van der Waals surface area contributed by atoms with Crippen LogP contribution in [0.25, 0.3) is 0 Å². The molecule has 1 saturated heterocycles. The molecule has 0 radical (unpaired) electrons. The van der Waals surface area contributed by atoms with Gasteiger partial charge in [-0.05, 0) is 60.9 Å². The summed E-state index contributed by atoms with van der Waals surface area (Å²) in [7, 11) is 0. The molecule has 0 bridgehead atoms. The van der Waals surface area contributed by atoms with Gasteiger partial charge in [-0.25, -0.2) is 8.78 Å². The molecular weight excluding hydrogens is 693 g/mol. The number of carbonyl (C=O) groups is 3. The molecule has 15 heteroatoms. The highest BCUT2D eigenvalue weighted by molar-refractivity contribution is 6.54. The number of benzene rings is 3. The first-order chi connectivity index (χ1) is 20.3. The molecule has 0 spiro atoms. The topological polar surface area (TPSA) is 96.5 Å². The summed E-state index contributed by atoms with van der Waals surface area (Å²) in [6.07, 6.45) is 0.230. The third-order valence-electron chi connectivity index (χ3n) is 6.99. The molecule has 1 heterocycles. The van der Waals surface area contributed by atoms with Crippen LogP contribution >= 0.6 is 69.6 Å². The monoisotopic (exact) mass is 709 g/mol. The highest BCUT2D eigenvalue weighted by Gasteiger charge is 2.67. The Bertz CT molecular complexity index is 1630. The van der Waals surface area contributed by atoms with Crippen LogP contribution in [-0.4, -0.2) is 34.8 Å². The van der Waals surface area contributed by atoms with Gasteiger partial charge in [0, 0.05) is 18.2 Å². The lowest BCUT2D eigenvalue weighted by Gasteiger charge is -2.15. The molecule has 1 unspecified atom stereocenters. The van der Waals surface area contributed by atoms with E-state index in [1.807, 2.05) is 0 Å². The van der Waals surface area contributed by atoms with Crippen LogP contribution in [0, 0.1) is 17.6 Å². The second-order valence-corrected chi connectivity index (χ2v) is 12.9. The van der Waals surface area contributed by atoms with E-state index in [1.54, 1.807) is 0 Å². The zero-order valence-corrected chi connectivity index (χ0v) is 26.1. The predicted octanol–water partition coefficient (Wildman–Crippen LogP) is 8.47. The van der Waals surface area contributed by atoms with Gasteiger partial charge in [0.25, 0.3) is 11.8 Å². The summed E-state index contributed by atoms with van der Waals surface area (Å²) in [4.78, 5) is 38.5. The number of nitrogens with one attached hydrogen (secondary N) is 3. The van der Waals surface area contributed by atoms with Gasteiger partial charge in [-0.2, -0.15) is 0 Å². The summed E-state index contributed by atoms with van der Waals surface area (Å²) in [6, 6.07) is 8.96. The largest absolute Gasteiger partial charge is 0.368 e. The number of hydrogen-bond donors (Lipinski definition) is 3. The van der Waals surface area contributed by atoms with Gasteiger partial charge in [-0.1, -0.05) is 46.4 Å². The number of alkyl halides is 2. The Morgan fingerprint density at radius 3 is 2.21 bits per heavy atom. The van der Waals surface area contributed by atoms with Gasteiger partial charge in [0.05, 0.1) is 37.3 Å². The van der Waals surface area contributed by atoms with Crippen LogP contribution in [0.15, 0.2) is 42.5 Å². The van der Waals surface area contributed by atoms with E-state index in [1.165, 1.54) is 30.3 Å². The molecule has 0 aromatic heterocycles. The summed E-state index contributed by atoms with van der Waals surface area (Å²) in [5.41, 5.74) is -0.633. The van der Waals surface area contributed by atoms with Gasteiger partial charge in [0.2, 0.25) is 5.91 Å². The lowest BCUT2D eigenvalue weighted by molar-refractivity contribution is -0.124. The number of rotatable bonds is 7. The molecule has 3 N–H and O–H groups in total. The Morgan fingerprint density at radius 2 is 1.56 bits per heavy atom. The Labute approximate surface area is 274 Å². The Kier molecular flexibility index (Phi) is 9.35. The summed E-state index contributed by atoms with van der Waals surface area (Å²) in [6.45, 7) is 0.366. The summed E-state index contributed by atoms with van der Waals surface area (Å²) < 4.78 is 33.3. The van der Waals surface area contributed by atoms with Gasteiger partial charge < -0.3 is 20.7 Å². The quantitative estimate of drug-likeness (QED) is 0.169. The Morgan fingerprint density at radius 1 is 0.860 bits per heavy atom. The van der Waals surface area contributed by atoms with Crippen LogP contribution in [-0.2, 0) is 14.3 Å². The van der Waals surface area contributed by atoms with Crippen molar-refractivity contribution < 1.29 is 27.9 Å². The van der Waals surface area contributed by atoms with E-state index in [2.05, 4.69) is 16.0 Å². The third kappa shape index (κ3) is 6.54. The molecule has 5 rings (SSSR count). The predicted molar refractivity (Wildman–Crippen MR) is 164 cm³/mol. The fraction of sp³-hybridized carbons (Fsp3) is 0.250. The first-order valence-electron chi connectivity index (χ1n) is 12.6. The van der Waals surface area contributed by atoms with Crippen molar-refractivity contribution in [3.63, 3.8) is 0 Å². The standard InChI is InChI=1S/C28H19Cl6F2N3O4/c29-14-4-3-12(37-27(42)21-20(28(21,33)34)11-8-15(30)22(32)16(31)9-11)10-13(14)25(40)38-18-6-5-17(35)24(23(18)36)39-26(41)19-2-1-7-43-19/h3-6,8-10,19-21H,1-2,7H2,(H,37,42)(H,38,40)(H,39,41)/t19?,20-,21+/m0/s1. The maximum atomic E-state index is 15.2. The molecule has 3 amide bonds. The van der Waals surface area contributed by atoms with Crippen LogP contribution in [0.3, 0.4) is 0 Å². The van der Waals surface area contributed by atoms with Crippen LogP contribution in [0.2, 0.25) is 20.1 Å². The van der Waals surface area contributed by atoms with Crippen LogP contribution in [0.4, 0.5) is 25.8 Å². The zero-order chi connectivity index (χ0) is 31.2. The summed E-state index contributed by atoms with van der Waals surface area (Å²) in [5, 5.41) is 7.60. The lowest BCUT2D eigenvalue weighted by Crippen LogP contribution is -2.28. The smallest absolute Gasteiger partial charge is 0.257 e. The highest BCUT2D eigenvalue weighted by atomic mass is 35.5. The van der Waals surface area contributed by atoms with E-state index in [0.29, 0.717) is 25.0 Å². The molecule has 1 aliphatic carbocycles.